The Morgan fingerprint density at radius 1 is 1.16 bits per heavy atom. The zero-order valence-corrected chi connectivity index (χ0v) is 13.2. The van der Waals surface area contributed by atoms with E-state index in [9.17, 15) is 4.79 Å². The number of rotatable bonds is 4. The molecule has 1 heterocycles. The maximum Gasteiger partial charge on any atom is 0.185 e. The molecule has 0 bridgehead atoms. The fourth-order valence-corrected chi connectivity index (χ4v) is 2.92. The third-order valence-corrected chi connectivity index (χ3v) is 4.25. The molecule has 1 aromatic heterocycles. The van der Waals surface area contributed by atoms with Crippen molar-refractivity contribution in [1.29, 1.82) is 0 Å². The minimum absolute atomic E-state index is 0.0230. The molecule has 0 fully saturated rings. The van der Waals surface area contributed by atoms with E-state index in [-0.39, 0.29) is 5.78 Å². The Balaban J connectivity index is 2.09. The molecule has 0 aliphatic heterocycles. The highest BCUT2D eigenvalue weighted by atomic mass is 79.9. The van der Waals surface area contributed by atoms with Crippen LogP contribution in [0.2, 0.25) is 0 Å². The van der Waals surface area contributed by atoms with Crippen molar-refractivity contribution in [3.05, 3.63) is 56.7 Å². The molecule has 1 aromatic carbocycles. The summed E-state index contributed by atoms with van der Waals surface area (Å²) in [6, 6.07) is 11.6. The van der Waals surface area contributed by atoms with Gasteiger partial charge in [-0.1, -0.05) is 0 Å². The van der Waals surface area contributed by atoms with E-state index in [1.807, 2.05) is 61.5 Å². The maximum atomic E-state index is 12.0. The summed E-state index contributed by atoms with van der Waals surface area (Å²) in [4.78, 5) is 15.1. The lowest BCUT2D eigenvalue weighted by Gasteiger charge is -2.11. The van der Waals surface area contributed by atoms with E-state index in [0.29, 0.717) is 5.56 Å². The monoisotopic (exact) mass is 335 g/mol. The highest BCUT2D eigenvalue weighted by molar-refractivity contribution is 9.11. The predicted octanol–water partition coefficient (Wildman–Crippen LogP) is 4.47. The van der Waals surface area contributed by atoms with Crippen molar-refractivity contribution in [1.82, 2.24) is 0 Å². The van der Waals surface area contributed by atoms with Crippen molar-refractivity contribution in [2.24, 2.45) is 0 Å². The normalized spacial score (nSPS) is 10.9. The molecule has 0 unspecified atom stereocenters. The molecule has 0 N–H and O–H groups in total. The van der Waals surface area contributed by atoms with Gasteiger partial charge in [-0.2, -0.15) is 0 Å². The SMILES string of the molecule is CN(C)c1ccc(C(=O)/C=C/c2ccc(Br)s2)cc1. The first-order valence-corrected chi connectivity index (χ1v) is 7.42. The van der Waals surface area contributed by atoms with Gasteiger partial charge < -0.3 is 4.90 Å². The van der Waals surface area contributed by atoms with Crippen molar-refractivity contribution < 1.29 is 4.79 Å². The Hall–Kier alpha value is -1.39. The number of hydrogen-bond donors (Lipinski definition) is 0. The molecule has 0 amide bonds. The Morgan fingerprint density at radius 2 is 1.84 bits per heavy atom. The van der Waals surface area contributed by atoms with E-state index < -0.39 is 0 Å². The van der Waals surface area contributed by atoms with Crippen LogP contribution < -0.4 is 4.90 Å². The summed E-state index contributed by atoms with van der Waals surface area (Å²) in [6.07, 6.45) is 3.46. The average Bonchev–Trinajstić information content (AvgIpc) is 2.82. The lowest BCUT2D eigenvalue weighted by atomic mass is 10.1. The highest BCUT2D eigenvalue weighted by Gasteiger charge is 2.03. The fourth-order valence-electron chi connectivity index (χ4n) is 1.60. The van der Waals surface area contributed by atoms with Crippen molar-refractivity contribution in [2.75, 3.05) is 19.0 Å². The van der Waals surface area contributed by atoms with E-state index >= 15 is 0 Å². The summed E-state index contributed by atoms with van der Waals surface area (Å²) in [5.41, 5.74) is 1.79. The standard InChI is InChI=1S/C15H14BrNOS/c1-17(2)12-5-3-11(4-6-12)14(18)9-7-13-8-10-15(16)19-13/h3-10H,1-2H3/b9-7+. The largest absolute Gasteiger partial charge is 0.378 e. The van der Waals surface area contributed by atoms with Crippen LogP contribution in [0.4, 0.5) is 5.69 Å². The molecule has 0 radical (unpaired) electrons. The van der Waals surface area contributed by atoms with Gasteiger partial charge in [-0.15, -0.1) is 11.3 Å². The number of anilines is 1. The van der Waals surface area contributed by atoms with Crippen LogP contribution in [0.1, 0.15) is 15.2 Å². The van der Waals surface area contributed by atoms with E-state index in [2.05, 4.69) is 15.9 Å². The van der Waals surface area contributed by atoms with Gasteiger partial charge in [0, 0.05) is 30.2 Å². The van der Waals surface area contributed by atoms with Gasteiger partial charge in [-0.05, 0) is 64.5 Å². The summed E-state index contributed by atoms with van der Waals surface area (Å²) >= 11 is 5.00. The van der Waals surface area contributed by atoms with Crippen LogP contribution in [-0.2, 0) is 0 Å². The fraction of sp³-hybridized carbons (Fsp3) is 0.133. The van der Waals surface area contributed by atoms with Crippen molar-refractivity contribution in [3.8, 4) is 0 Å². The molecule has 0 saturated heterocycles. The summed E-state index contributed by atoms with van der Waals surface area (Å²) < 4.78 is 1.06. The van der Waals surface area contributed by atoms with Crippen LogP contribution in [0, 0.1) is 0 Å². The van der Waals surface area contributed by atoms with Crippen LogP contribution >= 0.6 is 27.3 Å². The van der Waals surface area contributed by atoms with Crippen molar-refractivity contribution in [3.63, 3.8) is 0 Å². The quantitative estimate of drug-likeness (QED) is 0.606. The summed E-state index contributed by atoms with van der Waals surface area (Å²) in [5, 5.41) is 0. The molecular weight excluding hydrogens is 322 g/mol. The Morgan fingerprint density at radius 3 is 2.37 bits per heavy atom. The van der Waals surface area contributed by atoms with Crippen molar-refractivity contribution in [2.45, 2.75) is 0 Å². The van der Waals surface area contributed by atoms with Crippen LogP contribution in [-0.4, -0.2) is 19.9 Å². The molecule has 2 rings (SSSR count). The maximum absolute atomic E-state index is 12.0. The van der Waals surface area contributed by atoms with Crippen LogP contribution in [0.3, 0.4) is 0 Å². The first kappa shape index (κ1) is 14.0. The topological polar surface area (TPSA) is 20.3 Å². The van der Waals surface area contributed by atoms with Crippen molar-refractivity contribution >= 4 is 44.8 Å². The molecule has 2 nitrogen and oxygen atoms in total. The Bertz CT molecular complexity index is 599. The second-order valence-electron chi connectivity index (χ2n) is 4.28. The smallest absolute Gasteiger partial charge is 0.185 e. The zero-order valence-electron chi connectivity index (χ0n) is 10.8. The van der Waals surface area contributed by atoms with E-state index in [1.165, 1.54) is 0 Å². The predicted molar refractivity (Wildman–Crippen MR) is 86.2 cm³/mol. The number of ketones is 1. The first-order valence-electron chi connectivity index (χ1n) is 5.81. The number of nitrogens with zero attached hydrogens (tertiary/aromatic N) is 1. The summed E-state index contributed by atoms with van der Waals surface area (Å²) in [6.45, 7) is 0. The van der Waals surface area contributed by atoms with Gasteiger partial charge in [0.25, 0.3) is 0 Å². The van der Waals surface area contributed by atoms with E-state index in [4.69, 9.17) is 0 Å². The van der Waals surface area contributed by atoms with Crippen LogP contribution in [0.25, 0.3) is 6.08 Å². The number of benzene rings is 1. The molecule has 4 heteroatoms. The van der Waals surface area contributed by atoms with E-state index in [0.717, 1.165) is 14.4 Å². The van der Waals surface area contributed by atoms with Gasteiger partial charge in [-0.3, -0.25) is 4.79 Å². The molecule has 0 atom stereocenters. The van der Waals surface area contributed by atoms with Gasteiger partial charge in [0.05, 0.1) is 3.79 Å². The molecule has 19 heavy (non-hydrogen) atoms. The third kappa shape index (κ3) is 3.78. The average molecular weight is 336 g/mol. The van der Waals surface area contributed by atoms with Crippen LogP contribution in [0.15, 0.2) is 46.3 Å². The van der Waals surface area contributed by atoms with Gasteiger partial charge in [0.1, 0.15) is 0 Å². The van der Waals surface area contributed by atoms with Gasteiger partial charge in [-0.25, -0.2) is 0 Å². The molecule has 2 aromatic rings. The molecule has 0 spiro atoms. The number of carbonyl (C=O) groups is 1. The minimum Gasteiger partial charge on any atom is -0.378 e. The van der Waals surface area contributed by atoms with Crippen LogP contribution in [0.5, 0.6) is 0 Å². The number of halogens is 1. The lowest BCUT2D eigenvalue weighted by molar-refractivity contribution is 0.104. The molecule has 98 valence electrons. The molecular formula is C15H14BrNOS. The third-order valence-electron chi connectivity index (χ3n) is 2.66. The van der Waals surface area contributed by atoms with Gasteiger partial charge in [0.2, 0.25) is 0 Å². The summed E-state index contributed by atoms with van der Waals surface area (Å²) in [5.74, 6) is 0.0230. The Labute approximate surface area is 125 Å². The highest BCUT2D eigenvalue weighted by Crippen LogP contribution is 2.23. The van der Waals surface area contributed by atoms with Gasteiger partial charge in [0.15, 0.2) is 5.78 Å². The molecule has 0 saturated carbocycles. The van der Waals surface area contributed by atoms with Gasteiger partial charge >= 0.3 is 0 Å². The summed E-state index contributed by atoms with van der Waals surface area (Å²) in [7, 11) is 3.96. The first-order chi connectivity index (χ1) is 9.06. The van der Waals surface area contributed by atoms with E-state index in [1.54, 1.807) is 17.4 Å². The second-order valence-corrected chi connectivity index (χ2v) is 6.78. The molecule has 0 aliphatic rings. The second kappa shape index (κ2) is 6.17. The number of hydrogen-bond acceptors (Lipinski definition) is 3. The number of thiophene rings is 1. The molecule has 0 aliphatic carbocycles. The number of allylic oxidation sites excluding steroid dienone is 1. The zero-order chi connectivity index (χ0) is 13.8. The Kier molecular flexibility index (Phi) is 4.56. The minimum atomic E-state index is 0.0230. The number of carbonyl (C=O) groups excluding carboxylic acids is 1. The lowest BCUT2D eigenvalue weighted by Crippen LogP contribution is -2.08.